The minimum atomic E-state index is 0.836. The van der Waals surface area contributed by atoms with Crippen LogP contribution in [0.1, 0.15) is 43.4 Å². The summed E-state index contributed by atoms with van der Waals surface area (Å²) in [4.78, 5) is 2.64. The standard InChI is InChI=1S/C13H20N2O/c1-10-12(8-14-16-10)9-15-7-3-6-13(15)11-4-2-5-11/h8,11,13H,2-7,9H2,1H3. The quantitative estimate of drug-likeness (QED) is 0.784. The molecule has 2 aliphatic rings. The first-order valence-electron chi connectivity index (χ1n) is 6.49. The molecule has 0 spiro atoms. The van der Waals surface area contributed by atoms with Gasteiger partial charge in [-0.25, -0.2) is 0 Å². The fourth-order valence-corrected chi connectivity index (χ4v) is 3.10. The maximum Gasteiger partial charge on any atom is 0.138 e. The molecule has 1 aliphatic heterocycles. The van der Waals surface area contributed by atoms with Crippen LogP contribution in [-0.2, 0) is 6.54 Å². The predicted molar refractivity (Wildman–Crippen MR) is 62.0 cm³/mol. The highest BCUT2D eigenvalue weighted by Gasteiger charge is 2.34. The molecule has 3 nitrogen and oxygen atoms in total. The van der Waals surface area contributed by atoms with E-state index in [1.807, 2.05) is 13.1 Å². The number of rotatable bonds is 3. The van der Waals surface area contributed by atoms with Gasteiger partial charge in [0, 0.05) is 18.2 Å². The Balaban J connectivity index is 1.67. The van der Waals surface area contributed by atoms with Crippen molar-refractivity contribution in [2.24, 2.45) is 5.92 Å². The van der Waals surface area contributed by atoms with Gasteiger partial charge in [0.05, 0.1) is 6.20 Å². The average Bonchev–Trinajstić information content (AvgIpc) is 2.76. The van der Waals surface area contributed by atoms with E-state index in [2.05, 4.69) is 10.1 Å². The SMILES string of the molecule is Cc1oncc1CN1CCCC1C1CCC1. The third kappa shape index (κ3) is 1.77. The third-order valence-electron chi connectivity index (χ3n) is 4.33. The van der Waals surface area contributed by atoms with Crippen molar-refractivity contribution in [2.75, 3.05) is 6.54 Å². The maximum atomic E-state index is 5.13. The van der Waals surface area contributed by atoms with Crippen LogP contribution in [0.3, 0.4) is 0 Å². The highest BCUT2D eigenvalue weighted by molar-refractivity contribution is 5.12. The molecular weight excluding hydrogens is 200 g/mol. The molecule has 0 amide bonds. The monoisotopic (exact) mass is 220 g/mol. The number of aryl methyl sites for hydroxylation is 1. The molecule has 3 heteroatoms. The number of hydrogen-bond donors (Lipinski definition) is 0. The van der Waals surface area contributed by atoms with Crippen LogP contribution in [0.2, 0.25) is 0 Å². The molecule has 0 aromatic carbocycles. The van der Waals surface area contributed by atoms with Gasteiger partial charge in [0.25, 0.3) is 0 Å². The van der Waals surface area contributed by atoms with Gasteiger partial charge in [0.2, 0.25) is 0 Å². The third-order valence-corrected chi connectivity index (χ3v) is 4.33. The lowest BCUT2D eigenvalue weighted by atomic mass is 9.79. The molecule has 3 rings (SSSR count). The molecule has 1 unspecified atom stereocenters. The topological polar surface area (TPSA) is 29.3 Å². The van der Waals surface area contributed by atoms with Crippen molar-refractivity contribution in [3.8, 4) is 0 Å². The molecule has 0 radical (unpaired) electrons. The predicted octanol–water partition coefficient (Wildman–Crippen LogP) is 2.75. The van der Waals surface area contributed by atoms with E-state index in [0.29, 0.717) is 0 Å². The second-order valence-electron chi connectivity index (χ2n) is 5.28. The molecule has 16 heavy (non-hydrogen) atoms. The van der Waals surface area contributed by atoms with Crippen molar-refractivity contribution in [3.05, 3.63) is 17.5 Å². The van der Waals surface area contributed by atoms with Crippen LogP contribution in [0.4, 0.5) is 0 Å². The smallest absolute Gasteiger partial charge is 0.138 e. The van der Waals surface area contributed by atoms with Crippen LogP contribution in [0, 0.1) is 12.8 Å². The maximum absolute atomic E-state index is 5.13. The summed E-state index contributed by atoms with van der Waals surface area (Å²) in [5, 5.41) is 3.87. The Morgan fingerprint density at radius 3 is 2.88 bits per heavy atom. The molecule has 1 saturated heterocycles. The molecule has 88 valence electrons. The summed E-state index contributed by atoms with van der Waals surface area (Å²) in [6.45, 7) is 4.30. The van der Waals surface area contributed by atoms with Crippen molar-refractivity contribution in [1.82, 2.24) is 10.1 Å². The fourth-order valence-electron chi connectivity index (χ4n) is 3.10. The van der Waals surface area contributed by atoms with Crippen LogP contribution in [0.15, 0.2) is 10.7 Å². The van der Waals surface area contributed by atoms with E-state index < -0.39 is 0 Å². The van der Waals surface area contributed by atoms with E-state index in [9.17, 15) is 0 Å². The number of likely N-dealkylation sites (tertiary alicyclic amines) is 1. The first-order valence-corrected chi connectivity index (χ1v) is 6.49. The van der Waals surface area contributed by atoms with Crippen LogP contribution in [0.25, 0.3) is 0 Å². The molecule has 0 bridgehead atoms. The van der Waals surface area contributed by atoms with Crippen molar-refractivity contribution in [2.45, 2.75) is 51.6 Å². The lowest BCUT2D eigenvalue weighted by Crippen LogP contribution is -2.38. The van der Waals surface area contributed by atoms with E-state index in [-0.39, 0.29) is 0 Å². The second kappa shape index (κ2) is 4.21. The van der Waals surface area contributed by atoms with Gasteiger partial charge in [-0.15, -0.1) is 0 Å². The number of aromatic nitrogens is 1. The Morgan fingerprint density at radius 1 is 1.38 bits per heavy atom. The van der Waals surface area contributed by atoms with Gasteiger partial charge in [-0.2, -0.15) is 0 Å². The summed E-state index contributed by atoms with van der Waals surface area (Å²) < 4.78 is 5.13. The largest absolute Gasteiger partial charge is 0.361 e. The van der Waals surface area contributed by atoms with Gasteiger partial charge < -0.3 is 4.52 Å². The lowest BCUT2D eigenvalue weighted by Gasteiger charge is -2.36. The molecule has 1 aromatic rings. The summed E-state index contributed by atoms with van der Waals surface area (Å²) >= 11 is 0. The van der Waals surface area contributed by atoms with Gasteiger partial charge in [0.15, 0.2) is 0 Å². The number of nitrogens with zero attached hydrogens (tertiary/aromatic N) is 2. The van der Waals surface area contributed by atoms with E-state index in [4.69, 9.17) is 4.52 Å². The fraction of sp³-hybridized carbons (Fsp3) is 0.769. The Bertz CT molecular complexity index is 357. The van der Waals surface area contributed by atoms with Gasteiger partial charge in [-0.05, 0) is 45.1 Å². The van der Waals surface area contributed by atoms with E-state index >= 15 is 0 Å². The summed E-state index contributed by atoms with van der Waals surface area (Å²) in [5.41, 5.74) is 1.27. The van der Waals surface area contributed by atoms with Gasteiger partial charge in [-0.3, -0.25) is 4.90 Å². The van der Waals surface area contributed by atoms with E-state index in [1.54, 1.807) is 0 Å². The highest BCUT2D eigenvalue weighted by Crippen LogP contribution is 2.37. The first kappa shape index (κ1) is 10.3. The van der Waals surface area contributed by atoms with Gasteiger partial charge >= 0.3 is 0 Å². The summed E-state index contributed by atoms with van der Waals surface area (Å²) in [5.74, 6) is 1.96. The van der Waals surface area contributed by atoms with E-state index in [0.717, 1.165) is 24.3 Å². The Kier molecular flexibility index (Phi) is 2.72. The molecule has 1 atom stereocenters. The summed E-state index contributed by atoms with van der Waals surface area (Å²) in [6, 6.07) is 0.836. The van der Waals surface area contributed by atoms with Crippen LogP contribution in [-0.4, -0.2) is 22.6 Å². The number of hydrogen-bond acceptors (Lipinski definition) is 3. The van der Waals surface area contributed by atoms with Crippen molar-refractivity contribution >= 4 is 0 Å². The van der Waals surface area contributed by atoms with Crippen LogP contribution in [0.5, 0.6) is 0 Å². The Morgan fingerprint density at radius 2 is 2.25 bits per heavy atom. The molecule has 2 heterocycles. The van der Waals surface area contributed by atoms with Crippen LogP contribution >= 0.6 is 0 Å². The average molecular weight is 220 g/mol. The molecule has 1 aliphatic carbocycles. The zero-order valence-electron chi connectivity index (χ0n) is 9.98. The normalized spacial score (nSPS) is 27.2. The van der Waals surface area contributed by atoms with Gasteiger partial charge in [0.1, 0.15) is 5.76 Å². The lowest BCUT2D eigenvalue weighted by molar-refractivity contribution is 0.126. The second-order valence-corrected chi connectivity index (χ2v) is 5.28. The molecule has 2 fully saturated rings. The highest BCUT2D eigenvalue weighted by atomic mass is 16.5. The van der Waals surface area contributed by atoms with Crippen molar-refractivity contribution in [1.29, 1.82) is 0 Å². The summed E-state index contributed by atoms with van der Waals surface area (Å²) in [7, 11) is 0. The van der Waals surface area contributed by atoms with Crippen LogP contribution < -0.4 is 0 Å². The Labute approximate surface area is 96.8 Å². The minimum absolute atomic E-state index is 0.836. The Hall–Kier alpha value is -0.830. The molecule has 0 N–H and O–H groups in total. The minimum Gasteiger partial charge on any atom is -0.361 e. The zero-order valence-corrected chi connectivity index (χ0v) is 9.98. The molecular formula is C13H20N2O. The van der Waals surface area contributed by atoms with Crippen molar-refractivity contribution in [3.63, 3.8) is 0 Å². The van der Waals surface area contributed by atoms with Crippen molar-refractivity contribution < 1.29 is 4.52 Å². The van der Waals surface area contributed by atoms with E-state index in [1.165, 1.54) is 44.2 Å². The first-order chi connectivity index (χ1) is 7.84. The zero-order chi connectivity index (χ0) is 11.0. The van der Waals surface area contributed by atoms with Gasteiger partial charge in [-0.1, -0.05) is 11.6 Å². The summed E-state index contributed by atoms with van der Waals surface area (Å²) in [6.07, 6.45) is 8.99. The molecule has 1 saturated carbocycles. The molecule has 1 aromatic heterocycles.